The molecule has 0 fully saturated rings. The minimum Gasteiger partial charge on any atom is -0.493 e. The van der Waals surface area contributed by atoms with Crippen molar-refractivity contribution in [3.8, 4) is 17.2 Å². The van der Waals surface area contributed by atoms with Crippen LogP contribution in [0.15, 0.2) is 59.7 Å². The second-order valence-electron chi connectivity index (χ2n) is 6.50. The number of hydrogen-bond donors (Lipinski definition) is 1. The number of amides is 1. The second-order valence-corrected chi connectivity index (χ2v) is 6.50. The van der Waals surface area contributed by atoms with Gasteiger partial charge >= 0.3 is 0 Å². The minimum absolute atomic E-state index is 0.255. The van der Waals surface area contributed by atoms with Gasteiger partial charge in [0, 0.05) is 17.1 Å². The van der Waals surface area contributed by atoms with E-state index in [0.29, 0.717) is 23.7 Å². The third kappa shape index (κ3) is 4.48. The van der Waals surface area contributed by atoms with E-state index in [-0.39, 0.29) is 5.91 Å². The van der Waals surface area contributed by atoms with Crippen molar-refractivity contribution in [1.82, 2.24) is 9.99 Å². The summed E-state index contributed by atoms with van der Waals surface area (Å²) in [5.74, 6) is 1.03. The van der Waals surface area contributed by atoms with Crippen LogP contribution >= 0.6 is 0 Å². The van der Waals surface area contributed by atoms with Gasteiger partial charge < -0.3 is 14.0 Å². The normalized spacial score (nSPS) is 10.9. The van der Waals surface area contributed by atoms with Crippen molar-refractivity contribution >= 4 is 12.1 Å². The molecule has 29 heavy (non-hydrogen) atoms. The summed E-state index contributed by atoms with van der Waals surface area (Å²) < 4.78 is 12.9. The van der Waals surface area contributed by atoms with Crippen molar-refractivity contribution in [2.45, 2.75) is 20.8 Å². The lowest BCUT2D eigenvalue weighted by molar-refractivity contribution is 0.0954. The average molecular weight is 391 g/mol. The number of rotatable bonds is 7. The fourth-order valence-corrected chi connectivity index (χ4v) is 3.23. The van der Waals surface area contributed by atoms with E-state index in [1.165, 1.54) is 0 Å². The number of hydrazone groups is 1. The molecule has 0 aliphatic carbocycles. The molecule has 0 aliphatic rings. The Morgan fingerprint density at radius 3 is 2.55 bits per heavy atom. The molecule has 150 valence electrons. The predicted octanol–water partition coefficient (Wildman–Crippen LogP) is 4.27. The second kappa shape index (κ2) is 9.10. The van der Waals surface area contributed by atoms with E-state index in [4.69, 9.17) is 9.47 Å². The summed E-state index contributed by atoms with van der Waals surface area (Å²) in [7, 11) is 1.59. The lowest BCUT2D eigenvalue weighted by atomic mass is 10.2. The van der Waals surface area contributed by atoms with Gasteiger partial charge in [-0.3, -0.25) is 4.79 Å². The predicted molar refractivity (Wildman–Crippen MR) is 114 cm³/mol. The SMILES string of the molecule is CCOc1ccc(/C=N\NC(=O)c2cc(C)n(-c3ccccc3)c2C)cc1OC. The number of nitrogens with zero attached hydrogens (tertiary/aromatic N) is 2. The van der Waals surface area contributed by atoms with Crippen LogP contribution in [0.5, 0.6) is 11.5 Å². The van der Waals surface area contributed by atoms with Gasteiger partial charge in [-0.15, -0.1) is 0 Å². The number of benzene rings is 2. The van der Waals surface area contributed by atoms with Crippen LogP contribution in [-0.2, 0) is 0 Å². The maximum absolute atomic E-state index is 12.6. The Hall–Kier alpha value is -3.54. The van der Waals surface area contributed by atoms with E-state index in [2.05, 4.69) is 15.1 Å². The lowest BCUT2D eigenvalue weighted by Gasteiger charge is -2.09. The molecule has 0 spiro atoms. The number of carbonyl (C=O) groups excluding carboxylic acids is 1. The number of aryl methyl sites for hydroxylation is 1. The van der Waals surface area contributed by atoms with Crippen LogP contribution in [0.2, 0.25) is 0 Å². The Balaban J connectivity index is 1.75. The van der Waals surface area contributed by atoms with E-state index in [0.717, 1.165) is 22.6 Å². The Kier molecular flexibility index (Phi) is 6.34. The molecule has 1 amide bonds. The zero-order valence-electron chi connectivity index (χ0n) is 17.1. The van der Waals surface area contributed by atoms with Crippen molar-refractivity contribution in [3.05, 3.63) is 77.1 Å². The molecule has 1 aromatic heterocycles. The summed E-state index contributed by atoms with van der Waals surface area (Å²) >= 11 is 0. The van der Waals surface area contributed by atoms with Gasteiger partial charge in [0.05, 0.1) is 25.5 Å². The Morgan fingerprint density at radius 2 is 1.86 bits per heavy atom. The number of ether oxygens (including phenoxy) is 2. The molecule has 6 heteroatoms. The van der Waals surface area contributed by atoms with Gasteiger partial charge in [-0.05, 0) is 62.7 Å². The van der Waals surface area contributed by atoms with Crippen molar-refractivity contribution < 1.29 is 14.3 Å². The molecule has 6 nitrogen and oxygen atoms in total. The highest BCUT2D eigenvalue weighted by Gasteiger charge is 2.16. The summed E-state index contributed by atoms with van der Waals surface area (Å²) in [4.78, 5) is 12.6. The molecular formula is C23H25N3O3. The summed E-state index contributed by atoms with van der Waals surface area (Å²) in [6.07, 6.45) is 1.58. The summed E-state index contributed by atoms with van der Waals surface area (Å²) in [5, 5.41) is 4.09. The van der Waals surface area contributed by atoms with Crippen LogP contribution in [0.25, 0.3) is 5.69 Å². The first-order chi connectivity index (χ1) is 14.0. The van der Waals surface area contributed by atoms with Crippen LogP contribution in [0.4, 0.5) is 0 Å². The van der Waals surface area contributed by atoms with Crippen molar-refractivity contribution in [2.24, 2.45) is 5.10 Å². The van der Waals surface area contributed by atoms with E-state index in [1.54, 1.807) is 13.3 Å². The van der Waals surface area contributed by atoms with Gasteiger partial charge in [-0.2, -0.15) is 5.10 Å². The zero-order valence-corrected chi connectivity index (χ0v) is 17.1. The number of hydrogen-bond acceptors (Lipinski definition) is 4. The van der Waals surface area contributed by atoms with Crippen molar-refractivity contribution in [2.75, 3.05) is 13.7 Å². The first kappa shape index (κ1) is 20.2. The highest BCUT2D eigenvalue weighted by Crippen LogP contribution is 2.27. The maximum Gasteiger partial charge on any atom is 0.273 e. The van der Waals surface area contributed by atoms with Crippen molar-refractivity contribution in [1.29, 1.82) is 0 Å². The monoisotopic (exact) mass is 391 g/mol. The summed E-state index contributed by atoms with van der Waals surface area (Å²) in [6, 6.07) is 17.3. The Labute approximate surface area is 170 Å². The molecule has 0 saturated heterocycles. The van der Waals surface area contributed by atoms with Gasteiger partial charge in [-0.25, -0.2) is 5.43 Å². The fourth-order valence-electron chi connectivity index (χ4n) is 3.23. The molecule has 0 atom stereocenters. The average Bonchev–Trinajstić information content (AvgIpc) is 3.03. The Morgan fingerprint density at radius 1 is 1.10 bits per heavy atom. The topological polar surface area (TPSA) is 64.8 Å². The lowest BCUT2D eigenvalue weighted by Crippen LogP contribution is -2.18. The molecule has 0 radical (unpaired) electrons. The quantitative estimate of drug-likeness (QED) is 0.483. The highest BCUT2D eigenvalue weighted by atomic mass is 16.5. The molecule has 0 unspecified atom stereocenters. The molecule has 2 aromatic carbocycles. The molecule has 0 saturated carbocycles. The first-order valence-electron chi connectivity index (χ1n) is 9.43. The summed E-state index contributed by atoms with van der Waals surface area (Å²) in [5.41, 5.74) is 6.86. The molecule has 3 rings (SSSR count). The van der Waals surface area contributed by atoms with Crippen LogP contribution in [0, 0.1) is 13.8 Å². The smallest absolute Gasteiger partial charge is 0.273 e. The zero-order chi connectivity index (χ0) is 20.8. The van der Waals surface area contributed by atoms with Crippen LogP contribution in [0.3, 0.4) is 0 Å². The van der Waals surface area contributed by atoms with E-state index >= 15 is 0 Å². The molecule has 1 N–H and O–H groups in total. The maximum atomic E-state index is 12.6. The molecular weight excluding hydrogens is 366 g/mol. The number of para-hydroxylation sites is 1. The van der Waals surface area contributed by atoms with E-state index in [1.807, 2.05) is 75.4 Å². The Bertz CT molecular complexity index is 1020. The van der Waals surface area contributed by atoms with Gasteiger partial charge in [0.15, 0.2) is 11.5 Å². The van der Waals surface area contributed by atoms with Crippen molar-refractivity contribution in [3.63, 3.8) is 0 Å². The number of aromatic nitrogens is 1. The van der Waals surface area contributed by atoms with Gasteiger partial charge in [0.1, 0.15) is 0 Å². The van der Waals surface area contributed by atoms with E-state index < -0.39 is 0 Å². The fraction of sp³-hybridized carbons (Fsp3) is 0.217. The third-order valence-electron chi connectivity index (χ3n) is 4.56. The van der Waals surface area contributed by atoms with Crippen LogP contribution in [0.1, 0.15) is 34.2 Å². The minimum atomic E-state index is -0.255. The molecule has 0 bridgehead atoms. The van der Waals surface area contributed by atoms with Crippen LogP contribution < -0.4 is 14.9 Å². The molecule has 1 heterocycles. The first-order valence-corrected chi connectivity index (χ1v) is 9.43. The standard InChI is InChI=1S/C23H25N3O3/c1-5-29-21-12-11-18(14-22(21)28-4)15-24-25-23(27)20-13-16(2)26(17(20)3)19-9-7-6-8-10-19/h6-15H,5H2,1-4H3,(H,25,27)/b24-15-. The summed E-state index contributed by atoms with van der Waals surface area (Å²) in [6.45, 7) is 6.38. The van der Waals surface area contributed by atoms with Crippen LogP contribution in [-0.4, -0.2) is 30.4 Å². The number of carbonyl (C=O) groups is 1. The van der Waals surface area contributed by atoms with E-state index in [9.17, 15) is 4.79 Å². The highest BCUT2D eigenvalue weighted by molar-refractivity contribution is 5.96. The number of methoxy groups -OCH3 is 1. The number of nitrogens with one attached hydrogen (secondary N) is 1. The van der Waals surface area contributed by atoms with Gasteiger partial charge in [0.25, 0.3) is 5.91 Å². The van der Waals surface area contributed by atoms with Gasteiger partial charge in [-0.1, -0.05) is 18.2 Å². The van der Waals surface area contributed by atoms with Gasteiger partial charge in [0.2, 0.25) is 0 Å². The molecule has 3 aromatic rings. The third-order valence-corrected chi connectivity index (χ3v) is 4.56. The molecule has 0 aliphatic heterocycles. The largest absolute Gasteiger partial charge is 0.493 e.